The molecule has 0 radical (unpaired) electrons. The van der Waals surface area contributed by atoms with Gasteiger partial charge in [-0.15, -0.1) is 0 Å². The molecule has 1 amide bonds. The second-order valence-corrected chi connectivity index (χ2v) is 6.86. The van der Waals surface area contributed by atoms with Gasteiger partial charge in [0.15, 0.2) is 11.7 Å². The van der Waals surface area contributed by atoms with E-state index in [0.29, 0.717) is 42.1 Å². The van der Waals surface area contributed by atoms with E-state index in [4.69, 9.17) is 8.94 Å². The molecule has 3 aromatic rings. The zero-order valence-electron chi connectivity index (χ0n) is 15.6. The Bertz CT molecular complexity index is 952. The highest BCUT2D eigenvalue weighted by Gasteiger charge is 2.30. The number of nitrogens with zero attached hydrogens (tertiary/aromatic N) is 5. The summed E-state index contributed by atoms with van der Waals surface area (Å²) in [6, 6.07) is 3.83. The number of carbonyl (C=O) groups is 1. The highest BCUT2D eigenvalue weighted by atomic mass is 16.5. The van der Waals surface area contributed by atoms with Crippen LogP contribution in [0.2, 0.25) is 0 Å². The second-order valence-electron chi connectivity index (χ2n) is 6.86. The monoisotopic (exact) mass is 367 g/mol. The molecule has 8 heteroatoms. The average molecular weight is 367 g/mol. The van der Waals surface area contributed by atoms with Gasteiger partial charge in [0.05, 0.1) is 11.3 Å². The SMILES string of the molecule is Cc1ccc(-c2nc(C3CCN(C(=O)c4oc(C)nc4C)CC3)no2)cn1. The van der Waals surface area contributed by atoms with Crippen molar-refractivity contribution in [3.05, 3.63) is 47.2 Å². The minimum atomic E-state index is -0.105. The number of amides is 1. The van der Waals surface area contributed by atoms with E-state index in [1.165, 1.54) is 0 Å². The Morgan fingerprint density at radius 3 is 2.56 bits per heavy atom. The van der Waals surface area contributed by atoms with Crippen molar-refractivity contribution in [3.8, 4) is 11.5 Å². The molecule has 140 valence electrons. The minimum Gasteiger partial charge on any atom is -0.436 e. The maximum atomic E-state index is 12.6. The summed E-state index contributed by atoms with van der Waals surface area (Å²) in [6.07, 6.45) is 3.29. The normalized spacial score (nSPS) is 15.3. The fourth-order valence-corrected chi connectivity index (χ4v) is 3.33. The Balaban J connectivity index is 1.41. The first-order valence-electron chi connectivity index (χ1n) is 9.01. The molecule has 0 saturated carbocycles. The molecule has 1 fully saturated rings. The molecule has 0 N–H and O–H groups in total. The number of pyridine rings is 1. The number of aryl methyl sites for hydroxylation is 3. The van der Waals surface area contributed by atoms with E-state index in [0.717, 1.165) is 24.1 Å². The number of rotatable bonds is 3. The van der Waals surface area contributed by atoms with Crippen molar-refractivity contribution in [3.63, 3.8) is 0 Å². The predicted octanol–water partition coefficient (Wildman–Crippen LogP) is 3.06. The lowest BCUT2D eigenvalue weighted by molar-refractivity contribution is 0.0676. The molecule has 0 bridgehead atoms. The first kappa shape index (κ1) is 17.4. The molecule has 0 aromatic carbocycles. The predicted molar refractivity (Wildman–Crippen MR) is 96.1 cm³/mol. The summed E-state index contributed by atoms with van der Waals surface area (Å²) in [5.74, 6) is 2.07. The van der Waals surface area contributed by atoms with Crippen LogP contribution in [0.3, 0.4) is 0 Å². The van der Waals surface area contributed by atoms with E-state index in [2.05, 4.69) is 20.1 Å². The maximum Gasteiger partial charge on any atom is 0.291 e. The second kappa shape index (κ2) is 6.94. The Hall–Kier alpha value is -3.03. The topological polar surface area (TPSA) is 98.2 Å². The molecular weight excluding hydrogens is 346 g/mol. The third kappa shape index (κ3) is 3.47. The number of hydrogen-bond donors (Lipinski definition) is 0. The number of likely N-dealkylation sites (tertiary alicyclic amines) is 1. The zero-order chi connectivity index (χ0) is 19.0. The number of piperidine rings is 1. The number of carbonyl (C=O) groups excluding carboxylic acids is 1. The van der Waals surface area contributed by atoms with Crippen LogP contribution in [0.4, 0.5) is 0 Å². The lowest BCUT2D eigenvalue weighted by Crippen LogP contribution is -2.38. The fourth-order valence-electron chi connectivity index (χ4n) is 3.33. The van der Waals surface area contributed by atoms with Crippen molar-refractivity contribution in [2.75, 3.05) is 13.1 Å². The summed E-state index contributed by atoms with van der Waals surface area (Å²) in [5.41, 5.74) is 2.38. The molecule has 1 aliphatic heterocycles. The third-order valence-corrected chi connectivity index (χ3v) is 4.85. The summed E-state index contributed by atoms with van der Waals surface area (Å²) in [6.45, 7) is 6.71. The Morgan fingerprint density at radius 2 is 1.93 bits per heavy atom. The molecule has 1 aliphatic rings. The van der Waals surface area contributed by atoms with Gasteiger partial charge in [0.25, 0.3) is 11.8 Å². The molecule has 27 heavy (non-hydrogen) atoms. The van der Waals surface area contributed by atoms with E-state index in [1.54, 1.807) is 24.9 Å². The lowest BCUT2D eigenvalue weighted by atomic mass is 9.96. The van der Waals surface area contributed by atoms with Gasteiger partial charge in [-0.05, 0) is 38.8 Å². The van der Waals surface area contributed by atoms with E-state index in [1.807, 2.05) is 19.1 Å². The van der Waals surface area contributed by atoms with E-state index >= 15 is 0 Å². The van der Waals surface area contributed by atoms with Gasteiger partial charge in [-0.2, -0.15) is 4.98 Å². The van der Waals surface area contributed by atoms with Crippen molar-refractivity contribution in [2.24, 2.45) is 0 Å². The van der Waals surface area contributed by atoms with E-state index in [-0.39, 0.29) is 11.8 Å². The van der Waals surface area contributed by atoms with Gasteiger partial charge < -0.3 is 13.8 Å². The largest absolute Gasteiger partial charge is 0.436 e. The fraction of sp³-hybridized carbons (Fsp3) is 0.421. The van der Waals surface area contributed by atoms with Crippen molar-refractivity contribution in [1.29, 1.82) is 0 Å². The molecule has 4 heterocycles. The van der Waals surface area contributed by atoms with Crippen LogP contribution in [0.15, 0.2) is 27.3 Å². The van der Waals surface area contributed by atoms with Gasteiger partial charge in [0.2, 0.25) is 5.76 Å². The van der Waals surface area contributed by atoms with Crippen molar-refractivity contribution >= 4 is 5.91 Å². The van der Waals surface area contributed by atoms with Gasteiger partial charge >= 0.3 is 0 Å². The standard InChI is InChI=1S/C19H21N5O3/c1-11-4-5-15(10-20-11)18-22-17(23-27-18)14-6-8-24(9-7-14)19(25)16-12(2)21-13(3)26-16/h4-5,10,14H,6-9H2,1-3H3. The highest BCUT2D eigenvalue weighted by molar-refractivity contribution is 5.92. The van der Waals surface area contributed by atoms with Crippen LogP contribution in [-0.2, 0) is 0 Å². The van der Waals surface area contributed by atoms with Crippen molar-refractivity contribution < 1.29 is 13.7 Å². The lowest BCUT2D eigenvalue weighted by Gasteiger charge is -2.30. The summed E-state index contributed by atoms with van der Waals surface area (Å²) in [5, 5.41) is 4.14. The Kier molecular flexibility index (Phi) is 4.47. The van der Waals surface area contributed by atoms with Crippen molar-refractivity contribution in [1.82, 2.24) is 25.0 Å². The van der Waals surface area contributed by atoms with Gasteiger partial charge in [0, 0.05) is 37.8 Å². The van der Waals surface area contributed by atoms with Gasteiger partial charge in [-0.1, -0.05) is 5.16 Å². The van der Waals surface area contributed by atoms with E-state index in [9.17, 15) is 4.79 Å². The minimum absolute atomic E-state index is 0.105. The molecule has 0 unspecified atom stereocenters. The first-order valence-corrected chi connectivity index (χ1v) is 9.01. The van der Waals surface area contributed by atoms with Crippen molar-refractivity contribution in [2.45, 2.75) is 39.5 Å². The van der Waals surface area contributed by atoms with Crippen LogP contribution < -0.4 is 0 Å². The number of aromatic nitrogens is 4. The van der Waals surface area contributed by atoms with Gasteiger partial charge in [0.1, 0.15) is 0 Å². The van der Waals surface area contributed by atoms with Crippen LogP contribution in [0.25, 0.3) is 11.5 Å². The summed E-state index contributed by atoms with van der Waals surface area (Å²) in [4.78, 5) is 27.4. The van der Waals surface area contributed by atoms with E-state index < -0.39 is 0 Å². The molecule has 0 atom stereocenters. The number of oxazole rings is 1. The summed E-state index contributed by atoms with van der Waals surface area (Å²) >= 11 is 0. The highest BCUT2D eigenvalue weighted by Crippen LogP contribution is 2.29. The molecule has 4 rings (SSSR count). The van der Waals surface area contributed by atoms with Gasteiger partial charge in [-0.3, -0.25) is 9.78 Å². The average Bonchev–Trinajstić information content (AvgIpc) is 3.28. The molecule has 1 saturated heterocycles. The quantitative estimate of drug-likeness (QED) is 0.701. The maximum absolute atomic E-state index is 12.6. The Labute approximate surface area is 156 Å². The van der Waals surface area contributed by atoms with Gasteiger partial charge in [-0.25, -0.2) is 4.98 Å². The summed E-state index contributed by atoms with van der Waals surface area (Å²) in [7, 11) is 0. The van der Waals surface area contributed by atoms with Crippen LogP contribution in [-0.4, -0.2) is 44.0 Å². The van der Waals surface area contributed by atoms with Crippen LogP contribution >= 0.6 is 0 Å². The molecule has 0 spiro atoms. The number of hydrogen-bond acceptors (Lipinski definition) is 7. The van der Waals surface area contributed by atoms with Crippen LogP contribution in [0.5, 0.6) is 0 Å². The zero-order valence-corrected chi connectivity index (χ0v) is 15.6. The molecule has 0 aliphatic carbocycles. The van der Waals surface area contributed by atoms with Crippen LogP contribution in [0, 0.1) is 20.8 Å². The van der Waals surface area contributed by atoms with Crippen LogP contribution in [0.1, 0.15) is 52.4 Å². The molecular formula is C19H21N5O3. The Morgan fingerprint density at radius 1 is 1.15 bits per heavy atom. The molecule has 8 nitrogen and oxygen atoms in total. The third-order valence-electron chi connectivity index (χ3n) is 4.85. The first-order chi connectivity index (χ1) is 13.0. The molecule has 3 aromatic heterocycles. The summed E-state index contributed by atoms with van der Waals surface area (Å²) < 4.78 is 10.9. The smallest absolute Gasteiger partial charge is 0.291 e.